The lowest BCUT2D eigenvalue weighted by atomic mass is 9.75. The third-order valence-corrected chi connectivity index (χ3v) is 6.22. The summed E-state index contributed by atoms with van der Waals surface area (Å²) in [5.41, 5.74) is -2.67. The van der Waals surface area contributed by atoms with Crippen LogP contribution in [0.2, 0.25) is 0 Å². The molecule has 0 aliphatic carbocycles. The highest BCUT2D eigenvalue weighted by Gasteiger charge is 2.61. The van der Waals surface area contributed by atoms with Gasteiger partial charge in [-0.3, -0.25) is 9.59 Å². The summed E-state index contributed by atoms with van der Waals surface area (Å²) in [4.78, 5) is 36.1. The van der Waals surface area contributed by atoms with Crippen molar-refractivity contribution >= 4 is 17.9 Å². The van der Waals surface area contributed by atoms with Gasteiger partial charge in [0, 0.05) is 31.3 Å². The van der Waals surface area contributed by atoms with E-state index in [-0.39, 0.29) is 36.4 Å². The molecule has 0 unspecified atom stereocenters. The zero-order chi connectivity index (χ0) is 22.5. The van der Waals surface area contributed by atoms with E-state index < -0.39 is 46.9 Å². The number of hydrogen-bond donors (Lipinski definition) is 2. The maximum Gasteiger partial charge on any atom is 0.343 e. The maximum absolute atomic E-state index is 12.6. The Hall–Kier alpha value is -2.23. The van der Waals surface area contributed by atoms with Crippen LogP contribution >= 0.6 is 0 Å². The van der Waals surface area contributed by atoms with Crippen molar-refractivity contribution in [1.82, 2.24) is 0 Å². The fraction of sp³-hybridized carbons (Fsp3) is 0.667. The van der Waals surface area contributed by atoms with Gasteiger partial charge in [0.1, 0.15) is 24.1 Å². The van der Waals surface area contributed by atoms with Crippen molar-refractivity contribution in [3.8, 4) is 0 Å². The molecule has 2 bridgehead atoms. The average molecular weight is 424 g/mol. The lowest BCUT2D eigenvalue weighted by Crippen LogP contribution is -2.59. The first kappa shape index (κ1) is 22.5. The van der Waals surface area contributed by atoms with Crippen LogP contribution in [0.1, 0.15) is 53.9 Å². The standard InChI is InChI=1S/C21H28O9/c1-6-15(23)29-17-11(2)20(5,25)21(26)8-7-19(4,30-21)9-14-16(17)13(18(24)28-14)10-27-12(3)22/h9,11,17,25-26H,6-8,10H2,1-5H3/t11-,17-,19-,20+,21+/m1/s1. The molecule has 9 heteroatoms. The van der Waals surface area contributed by atoms with Gasteiger partial charge in [-0.1, -0.05) is 13.8 Å². The summed E-state index contributed by atoms with van der Waals surface area (Å²) in [7, 11) is 0. The van der Waals surface area contributed by atoms with E-state index in [2.05, 4.69) is 0 Å². The van der Waals surface area contributed by atoms with E-state index in [9.17, 15) is 24.6 Å². The van der Waals surface area contributed by atoms with Gasteiger partial charge >= 0.3 is 17.9 Å². The summed E-state index contributed by atoms with van der Waals surface area (Å²) < 4.78 is 22.0. The number of ether oxygens (including phenoxy) is 4. The number of hydrogen-bond acceptors (Lipinski definition) is 9. The van der Waals surface area contributed by atoms with E-state index in [0.29, 0.717) is 6.42 Å². The fourth-order valence-corrected chi connectivity index (χ4v) is 4.13. The summed E-state index contributed by atoms with van der Waals surface area (Å²) in [5, 5.41) is 22.5. The van der Waals surface area contributed by atoms with Crippen LogP contribution in [0.5, 0.6) is 0 Å². The van der Waals surface area contributed by atoms with E-state index in [4.69, 9.17) is 18.9 Å². The first-order valence-corrected chi connectivity index (χ1v) is 10.00. The summed E-state index contributed by atoms with van der Waals surface area (Å²) in [5.74, 6) is -4.61. The van der Waals surface area contributed by atoms with Crippen LogP contribution in [0.3, 0.4) is 0 Å². The molecule has 0 radical (unpaired) electrons. The maximum atomic E-state index is 12.6. The quantitative estimate of drug-likeness (QED) is 0.506. The smallest absolute Gasteiger partial charge is 0.343 e. The highest BCUT2D eigenvalue weighted by Crippen LogP contribution is 2.51. The molecule has 30 heavy (non-hydrogen) atoms. The van der Waals surface area contributed by atoms with E-state index in [1.807, 2.05) is 0 Å². The van der Waals surface area contributed by atoms with Crippen molar-refractivity contribution < 1.29 is 43.5 Å². The molecule has 1 fully saturated rings. The number of fused-ring (bicyclic) bond motifs is 3. The van der Waals surface area contributed by atoms with Crippen molar-refractivity contribution in [2.45, 2.75) is 77.0 Å². The summed E-state index contributed by atoms with van der Waals surface area (Å²) in [6, 6.07) is 0. The van der Waals surface area contributed by atoms with Crippen molar-refractivity contribution in [3.05, 3.63) is 23.0 Å². The van der Waals surface area contributed by atoms with Crippen LogP contribution in [0.25, 0.3) is 0 Å². The number of esters is 3. The normalized spacial score (nSPS) is 38.1. The highest BCUT2D eigenvalue weighted by atomic mass is 16.7. The van der Waals surface area contributed by atoms with E-state index >= 15 is 0 Å². The third kappa shape index (κ3) is 3.66. The van der Waals surface area contributed by atoms with Crippen molar-refractivity contribution in [2.24, 2.45) is 5.92 Å². The van der Waals surface area contributed by atoms with Crippen LogP contribution in [0.4, 0.5) is 0 Å². The lowest BCUT2D eigenvalue weighted by molar-refractivity contribution is -0.311. The van der Waals surface area contributed by atoms with Gasteiger partial charge in [-0.05, 0) is 26.3 Å². The second-order valence-electron chi connectivity index (χ2n) is 8.47. The van der Waals surface area contributed by atoms with Gasteiger partial charge in [0.05, 0.1) is 11.2 Å². The summed E-state index contributed by atoms with van der Waals surface area (Å²) in [6.07, 6.45) is 0.946. The summed E-state index contributed by atoms with van der Waals surface area (Å²) >= 11 is 0. The Kier molecular flexibility index (Phi) is 5.59. The average Bonchev–Trinajstić information content (AvgIpc) is 3.13. The molecule has 3 heterocycles. The van der Waals surface area contributed by atoms with Gasteiger partial charge in [-0.15, -0.1) is 0 Å². The Morgan fingerprint density at radius 2 is 1.93 bits per heavy atom. The van der Waals surface area contributed by atoms with Crippen molar-refractivity contribution in [3.63, 3.8) is 0 Å². The molecule has 3 aliphatic rings. The Morgan fingerprint density at radius 1 is 1.27 bits per heavy atom. The zero-order valence-corrected chi connectivity index (χ0v) is 17.8. The van der Waals surface area contributed by atoms with Crippen LogP contribution in [-0.2, 0) is 33.3 Å². The predicted molar refractivity (Wildman–Crippen MR) is 101 cm³/mol. The molecule has 1 saturated heterocycles. The predicted octanol–water partition coefficient (Wildman–Crippen LogP) is 1.27. The van der Waals surface area contributed by atoms with E-state index in [1.54, 1.807) is 26.8 Å². The van der Waals surface area contributed by atoms with E-state index in [1.165, 1.54) is 13.8 Å². The van der Waals surface area contributed by atoms with Crippen molar-refractivity contribution in [2.75, 3.05) is 6.61 Å². The topological polar surface area (TPSA) is 129 Å². The molecule has 3 aliphatic heterocycles. The van der Waals surface area contributed by atoms with Gasteiger partial charge in [-0.25, -0.2) is 4.79 Å². The largest absolute Gasteiger partial charge is 0.461 e. The van der Waals surface area contributed by atoms with Crippen molar-refractivity contribution in [1.29, 1.82) is 0 Å². The van der Waals surface area contributed by atoms with Gasteiger partial charge in [0.25, 0.3) is 0 Å². The molecule has 166 valence electrons. The Labute approximate surface area is 174 Å². The van der Waals surface area contributed by atoms with Crippen LogP contribution in [0, 0.1) is 5.92 Å². The van der Waals surface area contributed by atoms with Crippen LogP contribution in [-0.4, -0.2) is 57.8 Å². The number of carbonyl (C=O) groups is 3. The zero-order valence-electron chi connectivity index (χ0n) is 17.8. The number of carbonyl (C=O) groups excluding carboxylic acids is 3. The molecule has 0 aromatic rings. The first-order valence-electron chi connectivity index (χ1n) is 10.00. The minimum Gasteiger partial charge on any atom is -0.461 e. The SMILES string of the molecule is CCC(=O)O[C@H]1C2=C(COC(C)=O)C(=O)OC2=C[C@@]2(C)CC[C@](O)(O2)[C@@](C)(O)[C@@H]1C. The van der Waals surface area contributed by atoms with Crippen LogP contribution in [0.15, 0.2) is 23.0 Å². The molecule has 0 amide bonds. The molecular weight excluding hydrogens is 396 g/mol. The molecule has 5 atom stereocenters. The van der Waals surface area contributed by atoms with Crippen LogP contribution < -0.4 is 0 Å². The molecule has 9 nitrogen and oxygen atoms in total. The lowest BCUT2D eigenvalue weighted by Gasteiger charge is -2.44. The monoisotopic (exact) mass is 424 g/mol. The molecule has 0 saturated carbocycles. The Bertz CT molecular complexity index is 839. The van der Waals surface area contributed by atoms with Gasteiger partial charge < -0.3 is 29.2 Å². The molecule has 2 N–H and O–H groups in total. The molecular formula is C21H28O9. The van der Waals surface area contributed by atoms with Gasteiger partial charge in [0.2, 0.25) is 0 Å². The summed E-state index contributed by atoms with van der Waals surface area (Å²) in [6.45, 7) is 7.14. The highest BCUT2D eigenvalue weighted by molar-refractivity contribution is 5.95. The minimum absolute atomic E-state index is 0.0152. The van der Waals surface area contributed by atoms with Gasteiger partial charge in [0.15, 0.2) is 5.79 Å². The number of rotatable bonds is 4. The molecule has 0 aromatic heterocycles. The van der Waals surface area contributed by atoms with E-state index in [0.717, 1.165) is 0 Å². The third-order valence-electron chi connectivity index (χ3n) is 6.22. The molecule has 0 spiro atoms. The second-order valence-corrected chi connectivity index (χ2v) is 8.47. The molecule has 0 aromatic carbocycles. The Morgan fingerprint density at radius 3 is 2.53 bits per heavy atom. The fourth-order valence-electron chi connectivity index (χ4n) is 4.13. The molecule has 3 rings (SSSR count). The second kappa shape index (κ2) is 7.47. The first-order chi connectivity index (χ1) is 13.8. The number of aliphatic hydroxyl groups is 2. The Balaban J connectivity index is 2.23. The van der Waals surface area contributed by atoms with Gasteiger partial charge in [-0.2, -0.15) is 0 Å². The minimum atomic E-state index is -1.91.